The van der Waals surface area contributed by atoms with Crippen LogP contribution < -0.4 is 10.6 Å². The third-order valence-electron chi connectivity index (χ3n) is 4.04. The van der Waals surface area contributed by atoms with E-state index in [2.05, 4.69) is 30.7 Å². The molecule has 1 aromatic carbocycles. The third kappa shape index (κ3) is 3.92. The highest BCUT2D eigenvalue weighted by Crippen LogP contribution is 2.26. The summed E-state index contributed by atoms with van der Waals surface area (Å²) in [6.45, 7) is 5.05. The van der Waals surface area contributed by atoms with Gasteiger partial charge < -0.3 is 10.6 Å². The van der Waals surface area contributed by atoms with Gasteiger partial charge >= 0.3 is 6.03 Å². The molecule has 2 aromatic heterocycles. The van der Waals surface area contributed by atoms with Gasteiger partial charge in [-0.2, -0.15) is 9.78 Å². The molecule has 0 aliphatic rings. The zero-order valence-corrected chi connectivity index (χ0v) is 15.4. The van der Waals surface area contributed by atoms with Gasteiger partial charge in [-0.15, -0.1) is 0 Å². The van der Waals surface area contributed by atoms with E-state index >= 15 is 0 Å². The van der Waals surface area contributed by atoms with Crippen LogP contribution in [-0.2, 0) is 0 Å². The number of benzene rings is 1. The molecule has 0 fully saturated rings. The summed E-state index contributed by atoms with van der Waals surface area (Å²) in [6, 6.07) is 3.71. The number of carbonyl (C=O) groups excluding carboxylic acids is 1. The SMILES string of the molecule is Cc1cc([N+](=O)[O-])c(C)cc1NC(=O)NC(C)c1ncnn1-c1ncccn1. The van der Waals surface area contributed by atoms with Crippen molar-refractivity contribution >= 4 is 17.4 Å². The van der Waals surface area contributed by atoms with Crippen LogP contribution in [0.5, 0.6) is 0 Å². The molecule has 0 saturated heterocycles. The fourth-order valence-electron chi connectivity index (χ4n) is 2.65. The Balaban J connectivity index is 1.74. The maximum Gasteiger partial charge on any atom is 0.319 e. The summed E-state index contributed by atoms with van der Waals surface area (Å²) >= 11 is 0. The topological polar surface area (TPSA) is 141 Å². The van der Waals surface area contributed by atoms with Crippen LogP contribution in [0.2, 0.25) is 0 Å². The molecule has 11 nitrogen and oxygen atoms in total. The summed E-state index contributed by atoms with van der Waals surface area (Å²) < 4.78 is 1.44. The molecule has 0 aliphatic heterocycles. The number of rotatable bonds is 5. The van der Waals surface area contributed by atoms with Gasteiger partial charge in [-0.1, -0.05) is 0 Å². The first-order valence-corrected chi connectivity index (χ1v) is 8.37. The minimum Gasteiger partial charge on any atom is -0.328 e. The highest BCUT2D eigenvalue weighted by molar-refractivity contribution is 5.90. The Kier molecular flexibility index (Phi) is 5.25. The van der Waals surface area contributed by atoms with Gasteiger partial charge in [-0.25, -0.2) is 19.7 Å². The number of aryl methyl sites for hydroxylation is 2. The van der Waals surface area contributed by atoms with Crippen molar-refractivity contribution in [2.24, 2.45) is 0 Å². The smallest absolute Gasteiger partial charge is 0.319 e. The van der Waals surface area contributed by atoms with Gasteiger partial charge in [0, 0.05) is 29.7 Å². The van der Waals surface area contributed by atoms with Crippen LogP contribution in [0, 0.1) is 24.0 Å². The first-order chi connectivity index (χ1) is 13.4. The van der Waals surface area contributed by atoms with Crippen molar-refractivity contribution in [3.8, 4) is 5.95 Å². The van der Waals surface area contributed by atoms with Crippen LogP contribution in [0.25, 0.3) is 5.95 Å². The maximum absolute atomic E-state index is 12.4. The van der Waals surface area contributed by atoms with E-state index < -0.39 is 17.0 Å². The summed E-state index contributed by atoms with van der Waals surface area (Å²) in [6.07, 6.45) is 4.52. The molecule has 2 N–H and O–H groups in total. The van der Waals surface area contributed by atoms with E-state index in [0.29, 0.717) is 28.6 Å². The van der Waals surface area contributed by atoms with Crippen LogP contribution >= 0.6 is 0 Å². The molecule has 1 atom stereocenters. The Hall–Kier alpha value is -3.89. The Morgan fingerprint density at radius 1 is 1.18 bits per heavy atom. The van der Waals surface area contributed by atoms with E-state index in [9.17, 15) is 14.9 Å². The van der Waals surface area contributed by atoms with Crippen molar-refractivity contribution in [2.75, 3.05) is 5.32 Å². The zero-order chi connectivity index (χ0) is 20.3. The number of anilines is 1. The quantitative estimate of drug-likeness (QED) is 0.510. The van der Waals surface area contributed by atoms with Gasteiger partial charge in [0.05, 0.1) is 11.0 Å². The van der Waals surface area contributed by atoms with Crippen LogP contribution in [0.4, 0.5) is 16.2 Å². The lowest BCUT2D eigenvalue weighted by atomic mass is 10.1. The zero-order valence-electron chi connectivity index (χ0n) is 15.4. The van der Waals surface area contributed by atoms with Gasteiger partial charge in [0.25, 0.3) is 11.6 Å². The van der Waals surface area contributed by atoms with E-state index in [-0.39, 0.29) is 5.69 Å². The molecule has 28 heavy (non-hydrogen) atoms. The molecular formula is C17H18N8O3. The van der Waals surface area contributed by atoms with Crippen molar-refractivity contribution in [3.05, 3.63) is 64.0 Å². The molecule has 3 rings (SSSR count). The summed E-state index contributed by atoms with van der Waals surface area (Å²) in [5.41, 5.74) is 1.54. The van der Waals surface area contributed by atoms with E-state index in [1.165, 1.54) is 17.1 Å². The van der Waals surface area contributed by atoms with Crippen molar-refractivity contribution in [1.82, 2.24) is 30.0 Å². The predicted octanol–water partition coefficient (Wildman–Crippen LogP) is 2.47. The highest BCUT2D eigenvalue weighted by atomic mass is 16.6. The predicted molar refractivity (Wildman–Crippen MR) is 100 cm³/mol. The van der Waals surface area contributed by atoms with E-state index in [4.69, 9.17) is 0 Å². The summed E-state index contributed by atoms with van der Waals surface area (Å²) in [7, 11) is 0. The standard InChI is InChI=1S/C17H18N8O3/c1-10-8-14(25(27)28)11(2)7-13(10)23-17(26)22-12(3)15-20-9-21-24(15)16-18-5-4-6-19-16/h4-9,12H,1-3H3,(H2,22,23,26). The number of aromatic nitrogens is 5. The van der Waals surface area contributed by atoms with Crippen molar-refractivity contribution in [2.45, 2.75) is 26.8 Å². The highest BCUT2D eigenvalue weighted by Gasteiger charge is 2.19. The van der Waals surface area contributed by atoms with Gasteiger partial charge in [0.15, 0.2) is 5.82 Å². The second-order valence-corrected chi connectivity index (χ2v) is 6.11. The van der Waals surface area contributed by atoms with Gasteiger partial charge in [0.2, 0.25) is 0 Å². The molecule has 11 heteroatoms. The third-order valence-corrected chi connectivity index (χ3v) is 4.04. The molecule has 3 aromatic rings. The van der Waals surface area contributed by atoms with E-state index in [1.807, 2.05) is 0 Å². The minimum atomic E-state index is -0.495. The molecule has 0 spiro atoms. The Bertz CT molecular complexity index is 1020. The molecule has 2 heterocycles. The van der Waals surface area contributed by atoms with Crippen LogP contribution in [0.1, 0.15) is 29.9 Å². The largest absolute Gasteiger partial charge is 0.328 e. The molecule has 0 radical (unpaired) electrons. The van der Waals surface area contributed by atoms with Crippen LogP contribution in [0.3, 0.4) is 0 Å². The van der Waals surface area contributed by atoms with E-state index in [1.54, 1.807) is 45.3 Å². The lowest BCUT2D eigenvalue weighted by Crippen LogP contribution is -2.33. The normalized spacial score (nSPS) is 11.7. The average Bonchev–Trinajstić information content (AvgIpc) is 3.15. The summed E-state index contributed by atoms with van der Waals surface area (Å²) in [5.74, 6) is 0.795. The molecule has 2 amide bonds. The van der Waals surface area contributed by atoms with Crippen molar-refractivity contribution in [3.63, 3.8) is 0 Å². The fraction of sp³-hybridized carbons (Fsp3) is 0.235. The Labute approximate surface area is 160 Å². The molecule has 144 valence electrons. The summed E-state index contributed by atoms with van der Waals surface area (Å²) in [4.78, 5) is 35.4. The second kappa shape index (κ2) is 7.78. The summed E-state index contributed by atoms with van der Waals surface area (Å²) in [5, 5.41) is 20.6. The second-order valence-electron chi connectivity index (χ2n) is 6.11. The van der Waals surface area contributed by atoms with Crippen LogP contribution in [-0.4, -0.2) is 35.7 Å². The lowest BCUT2D eigenvalue weighted by Gasteiger charge is -2.15. The number of urea groups is 1. The number of amides is 2. The van der Waals surface area contributed by atoms with Crippen molar-refractivity contribution < 1.29 is 9.72 Å². The van der Waals surface area contributed by atoms with Gasteiger partial charge in [-0.3, -0.25) is 10.1 Å². The minimum absolute atomic E-state index is 0.00721. The number of hydrogen-bond acceptors (Lipinski definition) is 7. The number of nitro benzene ring substituents is 1. The van der Waals surface area contributed by atoms with Crippen LogP contribution in [0.15, 0.2) is 36.9 Å². The molecule has 0 aliphatic carbocycles. The number of nitrogens with zero attached hydrogens (tertiary/aromatic N) is 6. The molecule has 0 saturated carbocycles. The van der Waals surface area contributed by atoms with Gasteiger partial charge in [0.1, 0.15) is 6.33 Å². The van der Waals surface area contributed by atoms with Crippen molar-refractivity contribution in [1.29, 1.82) is 0 Å². The maximum atomic E-state index is 12.4. The Morgan fingerprint density at radius 3 is 2.57 bits per heavy atom. The number of nitrogens with one attached hydrogen (secondary N) is 2. The number of carbonyl (C=O) groups is 1. The molecule has 0 bridgehead atoms. The van der Waals surface area contributed by atoms with Gasteiger partial charge in [-0.05, 0) is 38.5 Å². The molecule has 1 unspecified atom stereocenters. The molecular weight excluding hydrogens is 364 g/mol. The average molecular weight is 382 g/mol. The fourth-order valence-corrected chi connectivity index (χ4v) is 2.65. The lowest BCUT2D eigenvalue weighted by molar-refractivity contribution is -0.385. The van der Waals surface area contributed by atoms with E-state index in [0.717, 1.165) is 0 Å². The Morgan fingerprint density at radius 2 is 1.89 bits per heavy atom. The first kappa shape index (κ1) is 18.9. The first-order valence-electron chi connectivity index (χ1n) is 8.37. The number of hydrogen-bond donors (Lipinski definition) is 2. The monoisotopic (exact) mass is 382 g/mol. The number of nitro groups is 1.